The first-order valence-corrected chi connectivity index (χ1v) is 9.69. The Morgan fingerprint density at radius 3 is 2.27 bits per heavy atom. The van der Waals surface area contributed by atoms with E-state index in [-0.39, 0.29) is 6.61 Å². The van der Waals surface area contributed by atoms with E-state index < -0.39 is 0 Å². The van der Waals surface area contributed by atoms with Crippen molar-refractivity contribution >= 4 is 5.95 Å². The Bertz CT molecular complexity index is 651. The van der Waals surface area contributed by atoms with E-state index in [0.29, 0.717) is 0 Å². The molecule has 1 aromatic heterocycles. The lowest BCUT2D eigenvalue weighted by Crippen LogP contribution is -2.31. The van der Waals surface area contributed by atoms with Crippen molar-refractivity contribution in [3.8, 4) is 0 Å². The van der Waals surface area contributed by atoms with Crippen molar-refractivity contribution < 1.29 is 5.11 Å². The second kappa shape index (κ2) is 9.64. The van der Waals surface area contributed by atoms with Gasteiger partial charge in [0.05, 0.1) is 0 Å². The molecule has 3 rings (SSSR count). The number of rotatable bonds is 8. The summed E-state index contributed by atoms with van der Waals surface area (Å²) in [5, 5.41) is 9.21. The molecule has 5 nitrogen and oxygen atoms in total. The molecule has 0 bridgehead atoms. The van der Waals surface area contributed by atoms with Gasteiger partial charge in [-0.05, 0) is 38.2 Å². The third-order valence-corrected chi connectivity index (χ3v) is 4.90. The van der Waals surface area contributed by atoms with E-state index in [1.165, 1.54) is 30.4 Å². The highest BCUT2D eigenvalue weighted by atomic mass is 16.3. The van der Waals surface area contributed by atoms with Crippen molar-refractivity contribution in [3.63, 3.8) is 0 Å². The van der Waals surface area contributed by atoms with E-state index in [1.807, 2.05) is 12.4 Å². The summed E-state index contributed by atoms with van der Waals surface area (Å²) in [6, 6.07) is 8.65. The molecule has 0 amide bonds. The second-order valence-electron chi connectivity index (χ2n) is 7.21. The molecule has 0 unspecified atom stereocenters. The van der Waals surface area contributed by atoms with E-state index in [2.05, 4.69) is 51.0 Å². The molecule has 1 aliphatic heterocycles. The van der Waals surface area contributed by atoms with Crippen LogP contribution in [0, 0.1) is 6.92 Å². The van der Waals surface area contributed by atoms with Crippen LogP contribution in [0.3, 0.4) is 0 Å². The molecule has 5 heteroatoms. The van der Waals surface area contributed by atoms with Gasteiger partial charge in [0.1, 0.15) is 0 Å². The van der Waals surface area contributed by atoms with E-state index in [1.54, 1.807) is 0 Å². The molecule has 1 saturated heterocycles. The fourth-order valence-corrected chi connectivity index (χ4v) is 3.41. The van der Waals surface area contributed by atoms with E-state index in [0.717, 1.165) is 50.7 Å². The molecule has 140 valence electrons. The normalized spacial score (nSPS) is 14.8. The average molecular weight is 354 g/mol. The third-order valence-electron chi connectivity index (χ3n) is 4.90. The lowest BCUT2D eigenvalue weighted by atomic mass is 10.1. The summed E-state index contributed by atoms with van der Waals surface area (Å²) in [5.41, 5.74) is 3.69. The number of hydrogen-bond donors (Lipinski definition) is 1. The van der Waals surface area contributed by atoms with Gasteiger partial charge in [-0.3, -0.25) is 4.90 Å². The van der Waals surface area contributed by atoms with Crippen LogP contribution >= 0.6 is 0 Å². The maximum atomic E-state index is 9.21. The molecule has 1 aliphatic rings. The molecule has 1 aromatic carbocycles. The van der Waals surface area contributed by atoms with E-state index in [4.69, 9.17) is 0 Å². The zero-order valence-corrected chi connectivity index (χ0v) is 15.8. The monoisotopic (exact) mass is 354 g/mol. The zero-order chi connectivity index (χ0) is 18.2. The summed E-state index contributed by atoms with van der Waals surface area (Å²) in [7, 11) is 0. The summed E-state index contributed by atoms with van der Waals surface area (Å²) in [6.07, 6.45) is 8.47. The SMILES string of the molecule is Cc1ccc(CN(CCCO)Cc2cnc(N3CCCCC3)nc2)cc1. The number of piperidine rings is 1. The first-order chi connectivity index (χ1) is 12.7. The van der Waals surface area contributed by atoms with Crippen molar-refractivity contribution in [2.75, 3.05) is 31.1 Å². The Morgan fingerprint density at radius 1 is 0.962 bits per heavy atom. The van der Waals surface area contributed by atoms with Crippen molar-refractivity contribution in [1.82, 2.24) is 14.9 Å². The first-order valence-electron chi connectivity index (χ1n) is 9.69. The third kappa shape index (κ3) is 5.51. The molecule has 0 saturated carbocycles. The van der Waals surface area contributed by atoms with Crippen LogP contribution in [0.5, 0.6) is 0 Å². The Labute approximate surface area is 156 Å². The Morgan fingerprint density at radius 2 is 1.62 bits per heavy atom. The number of hydrogen-bond acceptors (Lipinski definition) is 5. The summed E-state index contributed by atoms with van der Waals surface area (Å²) in [4.78, 5) is 13.8. The van der Waals surface area contributed by atoms with Gasteiger partial charge in [-0.1, -0.05) is 29.8 Å². The second-order valence-corrected chi connectivity index (χ2v) is 7.21. The van der Waals surface area contributed by atoms with E-state index >= 15 is 0 Å². The highest BCUT2D eigenvalue weighted by Crippen LogP contribution is 2.16. The van der Waals surface area contributed by atoms with Crippen LogP contribution in [0.4, 0.5) is 5.95 Å². The van der Waals surface area contributed by atoms with Crippen molar-refractivity contribution in [2.45, 2.75) is 45.7 Å². The van der Waals surface area contributed by atoms with Crippen molar-refractivity contribution in [3.05, 3.63) is 53.3 Å². The predicted octanol–water partition coefficient (Wildman–Crippen LogP) is 3.16. The number of aliphatic hydroxyl groups is 1. The number of aromatic nitrogens is 2. The summed E-state index contributed by atoms with van der Waals surface area (Å²) < 4.78 is 0. The largest absolute Gasteiger partial charge is 0.396 e. The van der Waals surface area contributed by atoms with Crippen LogP contribution in [0.25, 0.3) is 0 Å². The van der Waals surface area contributed by atoms with Gasteiger partial charge < -0.3 is 10.0 Å². The molecule has 0 aliphatic carbocycles. The standard InChI is InChI=1S/C21H30N4O/c1-18-6-8-19(9-7-18)16-24(10-5-13-26)17-20-14-22-21(23-15-20)25-11-3-2-4-12-25/h6-9,14-15,26H,2-5,10-13,16-17H2,1H3. The lowest BCUT2D eigenvalue weighted by Gasteiger charge is -2.27. The van der Waals surface area contributed by atoms with Gasteiger partial charge in [-0.25, -0.2) is 9.97 Å². The fraction of sp³-hybridized carbons (Fsp3) is 0.524. The average Bonchev–Trinajstić information content (AvgIpc) is 2.69. The molecule has 1 fully saturated rings. The fourth-order valence-electron chi connectivity index (χ4n) is 3.41. The van der Waals surface area contributed by atoms with Gasteiger partial charge in [-0.2, -0.15) is 0 Å². The molecule has 0 radical (unpaired) electrons. The van der Waals surface area contributed by atoms with Crippen LogP contribution in [0.15, 0.2) is 36.7 Å². The topological polar surface area (TPSA) is 52.5 Å². The number of aryl methyl sites for hydroxylation is 1. The van der Waals surface area contributed by atoms with Gasteiger partial charge in [-0.15, -0.1) is 0 Å². The highest BCUT2D eigenvalue weighted by molar-refractivity contribution is 5.30. The summed E-state index contributed by atoms with van der Waals surface area (Å²) in [5.74, 6) is 0.855. The van der Waals surface area contributed by atoms with Crippen LogP contribution < -0.4 is 4.90 Å². The van der Waals surface area contributed by atoms with Gasteiger partial charge in [0, 0.05) is 57.3 Å². The minimum absolute atomic E-state index is 0.217. The van der Waals surface area contributed by atoms with Gasteiger partial charge in [0.15, 0.2) is 0 Å². The van der Waals surface area contributed by atoms with Gasteiger partial charge >= 0.3 is 0 Å². The first kappa shape index (κ1) is 18.8. The van der Waals surface area contributed by atoms with Crippen LogP contribution in [-0.4, -0.2) is 46.2 Å². The molecule has 2 heterocycles. The quantitative estimate of drug-likeness (QED) is 0.789. The lowest BCUT2D eigenvalue weighted by molar-refractivity contribution is 0.212. The van der Waals surface area contributed by atoms with Gasteiger partial charge in [0.25, 0.3) is 0 Å². The minimum atomic E-state index is 0.217. The Hall–Kier alpha value is -1.98. The molecule has 2 aromatic rings. The molecule has 1 N–H and O–H groups in total. The molecule has 26 heavy (non-hydrogen) atoms. The van der Waals surface area contributed by atoms with Crippen molar-refractivity contribution in [2.24, 2.45) is 0 Å². The number of nitrogens with zero attached hydrogens (tertiary/aromatic N) is 4. The van der Waals surface area contributed by atoms with Crippen LogP contribution in [0.1, 0.15) is 42.4 Å². The van der Waals surface area contributed by atoms with Crippen LogP contribution in [0.2, 0.25) is 0 Å². The van der Waals surface area contributed by atoms with Crippen LogP contribution in [-0.2, 0) is 13.1 Å². The molecular weight excluding hydrogens is 324 g/mol. The maximum Gasteiger partial charge on any atom is 0.225 e. The van der Waals surface area contributed by atoms with E-state index in [9.17, 15) is 5.11 Å². The zero-order valence-electron chi connectivity index (χ0n) is 15.8. The molecular formula is C21H30N4O. The molecule has 0 spiro atoms. The smallest absolute Gasteiger partial charge is 0.225 e. The Balaban J connectivity index is 1.62. The predicted molar refractivity (Wildman–Crippen MR) is 105 cm³/mol. The number of aliphatic hydroxyl groups excluding tert-OH is 1. The maximum absolute atomic E-state index is 9.21. The summed E-state index contributed by atoms with van der Waals surface area (Å²) >= 11 is 0. The molecule has 0 atom stereocenters. The minimum Gasteiger partial charge on any atom is -0.396 e. The highest BCUT2D eigenvalue weighted by Gasteiger charge is 2.14. The summed E-state index contributed by atoms with van der Waals surface area (Å²) in [6.45, 7) is 6.98. The Kier molecular flexibility index (Phi) is 6.97. The van der Waals surface area contributed by atoms with Crippen molar-refractivity contribution in [1.29, 1.82) is 0 Å². The number of benzene rings is 1. The van der Waals surface area contributed by atoms with Gasteiger partial charge in [0.2, 0.25) is 5.95 Å². The number of anilines is 1.